The second kappa shape index (κ2) is 9.10. The van der Waals surface area contributed by atoms with Gasteiger partial charge in [0.1, 0.15) is 5.01 Å². The van der Waals surface area contributed by atoms with E-state index in [9.17, 15) is 9.59 Å². The number of nitrogens with zero attached hydrogens (tertiary/aromatic N) is 3. The summed E-state index contributed by atoms with van der Waals surface area (Å²) in [6, 6.07) is 10.2. The lowest BCUT2D eigenvalue weighted by Crippen LogP contribution is -2.48. The Morgan fingerprint density at radius 1 is 1.26 bits per heavy atom. The first kappa shape index (κ1) is 19.5. The number of carboxylic acids is 1. The minimum atomic E-state index is -0.798. The largest absolute Gasteiger partial charge is 0.480 e. The van der Waals surface area contributed by atoms with Gasteiger partial charge in [-0.25, -0.2) is 4.98 Å². The van der Waals surface area contributed by atoms with Gasteiger partial charge in [-0.2, -0.15) is 0 Å². The van der Waals surface area contributed by atoms with Crippen molar-refractivity contribution in [3.8, 4) is 10.6 Å². The number of hydrogen-bond donors (Lipinski definition) is 1. The Morgan fingerprint density at radius 3 is 2.59 bits per heavy atom. The van der Waals surface area contributed by atoms with Gasteiger partial charge in [0.25, 0.3) is 0 Å². The van der Waals surface area contributed by atoms with Gasteiger partial charge in [-0.1, -0.05) is 37.3 Å². The van der Waals surface area contributed by atoms with E-state index in [2.05, 4.69) is 4.98 Å². The van der Waals surface area contributed by atoms with E-state index < -0.39 is 5.97 Å². The van der Waals surface area contributed by atoms with Crippen molar-refractivity contribution in [2.24, 2.45) is 0 Å². The van der Waals surface area contributed by atoms with E-state index in [4.69, 9.17) is 5.11 Å². The molecule has 7 heteroatoms. The van der Waals surface area contributed by atoms with Gasteiger partial charge in [-0.3, -0.25) is 14.5 Å². The maximum Gasteiger partial charge on any atom is 0.317 e. The predicted octanol–water partition coefficient (Wildman–Crippen LogP) is 2.75. The number of carbonyl (C=O) groups is 2. The normalized spacial score (nSPS) is 15.3. The average Bonchev–Trinajstić information content (AvgIpc) is 3.15. The summed E-state index contributed by atoms with van der Waals surface area (Å²) in [7, 11) is 0. The van der Waals surface area contributed by atoms with E-state index in [-0.39, 0.29) is 18.5 Å². The molecule has 1 aromatic heterocycles. The molecule has 2 aromatic rings. The van der Waals surface area contributed by atoms with Gasteiger partial charge in [0.2, 0.25) is 5.91 Å². The molecule has 0 atom stereocenters. The minimum Gasteiger partial charge on any atom is -0.480 e. The topological polar surface area (TPSA) is 73.7 Å². The summed E-state index contributed by atoms with van der Waals surface area (Å²) in [5.74, 6) is -0.701. The number of piperidine rings is 1. The van der Waals surface area contributed by atoms with Crippen molar-refractivity contribution in [3.05, 3.63) is 41.4 Å². The van der Waals surface area contributed by atoms with Gasteiger partial charge in [0, 0.05) is 30.1 Å². The summed E-state index contributed by atoms with van der Waals surface area (Å²) >= 11 is 1.56. The number of benzene rings is 1. The molecule has 2 heterocycles. The number of thiazole rings is 1. The van der Waals surface area contributed by atoms with Crippen LogP contribution in [0.25, 0.3) is 10.6 Å². The lowest BCUT2D eigenvalue weighted by molar-refractivity contribution is -0.140. The fraction of sp³-hybridized carbons (Fsp3) is 0.450. The van der Waals surface area contributed by atoms with Crippen LogP contribution in [0.1, 0.15) is 25.5 Å². The second-order valence-electron chi connectivity index (χ2n) is 6.76. The van der Waals surface area contributed by atoms with Crippen molar-refractivity contribution in [2.75, 3.05) is 26.2 Å². The summed E-state index contributed by atoms with van der Waals surface area (Å²) in [6.45, 7) is 4.11. The van der Waals surface area contributed by atoms with Crippen LogP contribution >= 0.6 is 11.3 Å². The van der Waals surface area contributed by atoms with Crippen LogP contribution in [0.5, 0.6) is 0 Å². The number of amides is 1. The molecule has 1 aromatic carbocycles. The molecule has 0 aliphatic carbocycles. The lowest BCUT2D eigenvalue weighted by Gasteiger charge is -2.37. The molecule has 0 unspecified atom stereocenters. The highest BCUT2D eigenvalue weighted by atomic mass is 32.1. The molecule has 0 bridgehead atoms. The van der Waals surface area contributed by atoms with Crippen LogP contribution in [0.4, 0.5) is 0 Å². The van der Waals surface area contributed by atoms with Crippen LogP contribution in [0.2, 0.25) is 0 Å². The van der Waals surface area contributed by atoms with Crippen LogP contribution in [-0.4, -0.2) is 64.0 Å². The van der Waals surface area contributed by atoms with Crippen LogP contribution < -0.4 is 0 Å². The number of carbonyl (C=O) groups excluding carboxylic acids is 1. The Kier molecular flexibility index (Phi) is 6.58. The average molecular weight is 388 g/mol. The molecule has 1 fully saturated rings. The zero-order chi connectivity index (χ0) is 19.2. The number of likely N-dealkylation sites (tertiary alicyclic amines) is 1. The second-order valence-corrected chi connectivity index (χ2v) is 7.61. The lowest BCUT2D eigenvalue weighted by atomic mass is 10.0. The molecule has 27 heavy (non-hydrogen) atoms. The van der Waals surface area contributed by atoms with Crippen LogP contribution in [0, 0.1) is 0 Å². The highest BCUT2D eigenvalue weighted by Gasteiger charge is 2.27. The van der Waals surface area contributed by atoms with Gasteiger partial charge in [0.15, 0.2) is 0 Å². The molecule has 6 nitrogen and oxygen atoms in total. The van der Waals surface area contributed by atoms with Crippen LogP contribution in [-0.2, 0) is 16.0 Å². The summed E-state index contributed by atoms with van der Waals surface area (Å²) < 4.78 is 0. The molecule has 1 saturated heterocycles. The number of carboxylic acid groups (broad SMARTS) is 1. The molecular formula is C20H25N3O3S. The van der Waals surface area contributed by atoms with Gasteiger partial charge in [-0.05, 0) is 19.4 Å². The summed E-state index contributed by atoms with van der Waals surface area (Å²) in [5, 5.41) is 11.9. The maximum atomic E-state index is 12.6. The highest BCUT2D eigenvalue weighted by molar-refractivity contribution is 7.13. The molecule has 1 N–H and O–H groups in total. The molecule has 0 spiro atoms. The SMILES string of the molecule is CCN(CC(=O)O)C1CCN(C(=O)Cc2csc(-c3ccccc3)n2)CC1. The third-order valence-corrected chi connectivity index (χ3v) is 5.92. The molecule has 144 valence electrons. The summed E-state index contributed by atoms with van der Waals surface area (Å²) in [5.41, 5.74) is 1.88. The van der Waals surface area contributed by atoms with E-state index >= 15 is 0 Å². The molecule has 1 aliphatic rings. The van der Waals surface area contributed by atoms with Gasteiger partial charge in [-0.15, -0.1) is 11.3 Å². The Labute approximate surface area is 163 Å². The van der Waals surface area contributed by atoms with E-state index in [1.165, 1.54) is 0 Å². The standard InChI is InChI=1S/C20H25N3O3S/c1-2-22(13-19(25)26)17-8-10-23(11-9-17)18(24)12-16-14-27-20(21-16)15-6-4-3-5-7-15/h3-7,14,17H,2,8-13H2,1H3,(H,25,26). The maximum absolute atomic E-state index is 12.6. The van der Waals surface area contributed by atoms with Gasteiger partial charge in [0.05, 0.1) is 18.7 Å². The fourth-order valence-electron chi connectivity index (χ4n) is 3.52. The highest BCUT2D eigenvalue weighted by Crippen LogP contribution is 2.24. The van der Waals surface area contributed by atoms with E-state index in [1.54, 1.807) is 11.3 Å². The first-order valence-corrected chi connectivity index (χ1v) is 10.2. The van der Waals surface area contributed by atoms with Crippen molar-refractivity contribution in [1.82, 2.24) is 14.8 Å². The number of hydrogen-bond acceptors (Lipinski definition) is 5. The fourth-order valence-corrected chi connectivity index (χ4v) is 4.35. The smallest absolute Gasteiger partial charge is 0.317 e. The molecular weight excluding hydrogens is 362 g/mol. The first-order chi connectivity index (χ1) is 13.1. The molecule has 0 radical (unpaired) electrons. The number of aromatic nitrogens is 1. The third kappa shape index (κ3) is 5.14. The molecule has 1 amide bonds. The Morgan fingerprint density at radius 2 is 1.96 bits per heavy atom. The van der Waals surface area contributed by atoms with Crippen LogP contribution in [0.3, 0.4) is 0 Å². The summed E-state index contributed by atoms with van der Waals surface area (Å²) in [6.07, 6.45) is 1.96. The van der Waals surface area contributed by atoms with Gasteiger partial charge >= 0.3 is 5.97 Å². The van der Waals surface area contributed by atoms with Crippen molar-refractivity contribution in [2.45, 2.75) is 32.2 Å². The van der Waals surface area contributed by atoms with Crippen LogP contribution in [0.15, 0.2) is 35.7 Å². The minimum absolute atomic E-state index is 0.0657. The quantitative estimate of drug-likeness (QED) is 0.791. The van der Waals surface area contributed by atoms with Crippen molar-refractivity contribution in [1.29, 1.82) is 0 Å². The van der Waals surface area contributed by atoms with E-state index in [1.807, 2.05) is 52.4 Å². The predicted molar refractivity (Wildman–Crippen MR) is 106 cm³/mol. The third-order valence-electron chi connectivity index (χ3n) is 4.98. The Hall–Kier alpha value is -2.25. The first-order valence-electron chi connectivity index (χ1n) is 9.30. The van der Waals surface area contributed by atoms with Crippen molar-refractivity contribution < 1.29 is 14.7 Å². The van der Waals surface area contributed by atoms with Crippen molar-refractivity contribution in [3.63, 3.8) is 0 Å². The van der Waals surface area contributed by atoms with Gasteiger partial charge < -0.3 is 10.0 Å². The Balaban J connectivity index is 1.53. The molecule has 1 aliphatic heterocycles. The monoisotopic (exact) mass is 387 g/mol. The molecule has 0 saturated carbocycles. The molecule has 3 rings (SSSR count). The number of aliphatic carboxylic acids is 1. The van der Waals surface area contributed by atoms with E-state index in [0.29, 0.717) is 26.1 Å². The van der Waals surface area contributed by atoms with Crippen molar-refractivity contribution >= 4 is 23.2 Å². The zero-order valence-corrected chi connectivity index (χ0v) is 16.3. The number of rotatable bonds is 7. The van der Waals surface area contributed by atoms with E-state index in [0.717, 1.165) is 29.1 Å². The summed E-state index contributed by atoms with van der Waals surface area (Å²) in [4.78, 5) is 32.1. The Bertz CT molecular complexity index is 770. The number of likely N-dealkylation sites (N-methyl/N-ethyl adjacent to an activating group) is 1. The zero-order valence-electron chi connectivity index (χ0n) is 15.5.